The van der Waals surface area contributed by atoms with Gasteiger partial charge in [-0.2, -0.15) is 0 Å². The third-order valence-corrected chi connectivity index (χ3v) is 4.06. The maximum absolute atomic E-state index is 10.1. The van der Waals surface area contributed by atoms with Crippen LogP contribution < -0.4 is 0 Å². The van der Waals surface area contributed by atoms with Crippen molar-refractivity contribution in [2.75, 3.05) is 19.6 Å². The molecule has 1 aromatic rings. The standard InChI is InChI=1S/C14H16ClNO/c15-11-3-1-10(2-4-11)12-5-7-16-8-6-14(17)13(12)9-16/h1-5,13-14,17H,6-9H2/t13-,14-/m0/s1. The van der Waals surface area contributed by atoms with Crippen LogP contribution in [0.3, 0.4) is 0 Å². The van der Waals surface area contributed by atoms with Crippen molar-refractivity contribution in [3.05, 3.63) is 40.9 Å². The molecular weight excluding hydrogens is 234 g/mol. The zero-order valence-corrected chi connectivity index (χ0v) is 10.4. The monoisotopic (exact) mass is 249 g/mol. The number of rotatable bonds is 1. The van der Waals surface area contributed by atoms with Gasteiger partial charge in [0.2, 0.25) is 0 Å². The molecule has 17 heavy (non-hydrogen) atoms. The molecule has 1 unspecified atom stereocenters. The van der Waals surface area contributed by atoms with Crippen LogP contribution in [0.15, 0.2) is 30.3 Å². The van der Waals surface area contributed by atoms with Crippen molar-refractivity contribution in [1.29, 1.82) is 0 Å². The number of aliphatic hydroxyl groups is 1. The minimum Gasteiger partial charge on any atom is -0.392 e. The molecule has 1 saturated heterocycles. The molecule has 0 radical (unpaired) electrons. The lowest BCUT2D eigenvalue weighted by atomic mass is 9.81. The van der Waals surface area contributed by atoms with Gasteiger partial charge in [-0.1, -0.05) is 29.8 Å². The van der Waals surface area contributed by atoms with E-state index in [0.717, 1.165) is 31.1 Å². The first-order chi connectivity index (χ1) is 8.24. The average Bonchev–Trinajstić information content (AvgIpc) is 2.36. The summed E-state index contributed by atoms with van der Waals surface area (Å²) in [6.45, 7) is 3.00. The van der Waals surface area contributed by atoms with E-state index < -0.39 is 0 Å². The zero-order chi connectivity index (χ0) is 11.8. The predicted octanol–water partition coefficient (Wildman–Crippen LogP) is 2.42. The second-order valence-corrected chi connectivity index (χ2v) is 5.32. The molecule has 1 aromatic carbocycles. The fraction of sp³-hybridized carbons (Fsp3) is 0.429. The molecule has 1 N–H and O–H groups in total. The molecular formula is C14H16ClNO. The first-order valence-electron chi connectivity index (χ1n) is 6.10. The Morgan fingerprint density at radius 2 is 2.00 bits per heavy atom. The van der Waals surface area contributed by atoms with Crippen LogP contribution in [0.25, 0.3) is 5.57 Å². The molecule has 3 heteroatoms. The van der Waals surface area contributed by atoms with Crippen molar-refractivity contribution in [2.24, 2.45) is 5.92 Å². The Labute approximate surface area is 107 Å². The van der Waals surface area contributed by atoms with Gasteiger partial charge in [0.1, 0.15) is 0 Å². The molecule has 0 aromatic heterocycles. The van der Waals surface area contributed by atoms with Gasteiger partial charge in [-0.25, -0.2) is 0 Å². The number of benzene rings is 1. The first-order valence-corrected chi connectivity index (χ1v) is 6.48. The molecule has 2 aliphatic rings. The molecule has 90 valence electrons. The Bertz CT molecular complexity index is 440. The van der Waals surface area contributed by atoms with Crippen molar-refractivity contribution < 1.29 is 5.11 Å². The summed E-state index contributed by atoms with van der Waals surface area (Å²) in [7, 11) is 0. The Morgan fingerprint density at radius 3 is 2.76 bits per heavy atom. The second-order valence-electron chi connectivity index (χ2n) is 4.89. The van der Waals surface area contributed by atoms with Gasteiger partial charge in [-0.05, 0) is 29.7 Å². The van der Waals surface area contributed by atoms with Crippen LogP contribution in [0.5, 0.6) is 0 Å². The van der Waals surface area contributed by atoms with Gasteiger partial charge in [0.05, 0.1) is 6.10 Å². The normalized spacial score (nSPS) is 32.1. The van der Waals surface area contributed by atoms with E-state index in [2.05, 4.69) is 11.0 Å². The summed E-state index contributed by atoms with van der Waals surface area (Å²) in [6.07, 6.45) is 2.93. The first kappa shape index (κ1) is 11.3. The number of halogens is 1. The molecule has 0 amide bonds. The summed E-state index contributed by atoms with van der Waals surface area (Å²) >= 11 is 5.91. The van der Waals surface area contributed by atoms with Gasteiger partial charge in [0.25, 0.3) is 0 Å². The molecule has 3 rings (SSSR count). The van der Waals surface area contributed by atoms with Crippen LogP contribution in [0.2, 0.25) is 5.02 Å². The molecule has 2 nitrogen and oxygen atoms in total. The number of fused-ring (bicyclic) bond motifs is 2. The largest absolute Gasteiger partial charge is 0.392 e. The van der Waals surface area contributed by atoms with Crippen molar-refractivity contribution in [3.63, 3.8) is 0 Å². The number of nitrogens with zero attached hydrogens (tertiary/aromatic N) is 1. The van der Waals surface area contributed by atoms with E-state index in [1.165, 1.54) is 11.1 Å². The molecule has 0 saturated carbocycles. The summed E-state index contributed by atoms with van der Waals surface area (Å²) < 4.78 is 0. The van der Waals surface area contributed by atoms with Crippen LogP contribution in [0.1, 0.15) is 12.0 Å². The van der Waals surface area contributed by atoms with Gasteiger partial charge < -0.3 is 5.11 Å². The van der Waals surface area contributed by atoms with Gasteiger partial charge >= 0.3 is 0 Å². The predicted molar refractivity (Wildman–Crippen MR) is 70.0 cm³/mol. The van der Waals surface area contributed by atoms with Crippen molar-refractivity contribution in [2.45, 2.75) is 12.5 Å². The minimum absolute atomic E-state index is 0.200. The third kappa shape index (κ3) is 2.13. The lowest BCUT2D eigenvalue weighted by Gasteiger charge is -2.40. The fourth-order valence-corrected chi connectivity index (χ4v) is 2.96. The van der Waals surface area contributed by atoms with Crippen molar-refractivity contribution in [3.8, 4) is 0 Å². The third-order valence-electron chi connectivity index (χ3n) is 3.81. The minimum atomic E-state index is -0.200. The lowest BCUT2D eigenvalue weighted by molar-refractivity contribution is 0.0509. The van der Waals surface area contributed by atoms with E-state index in [4.69, 9.17) is 11.6 Å². The molecule has 2 aliphatic heterocycles. The molecule has 3 atom stereocenters. The van der Waals surface area contributed by atoms with Crippen LogP contribution in [0.4, 0.5) is 0 Å². The van der Waals surface area contributed by atoms with Gasteiger partial charge in [0.15, 0.2) is 0 Å². The van der Waals surface area contributed by atoms with Crippen molar-refractivity contribution >= 4 is 17.2 Å². The molecule has 0 aliphatic carbocycles. The Morgan fingerprint density at radius 1 is 1.24 bits per heavy atom. The number of aliphatic hydroxyl groups excluding tert-OH is 1. The van der Waals surface area contributed by atoms with Crippen molar-refractivity contribution in [1.82, 2.24) is 4.90 Å². The Kier molecular flexibility index (Phi) is 2.95. The van der Waals surface area contributed by atoms with E-state index in [9.17, 15) is 5.11 Å². The SMILES string of the molecule is O[C@H]1CCN2CC=C(c3ccc(Cl)cc3)[C@@H]1C2. The molecule has 2 bridgehead atoms. The molecule has 1 fully saturated rings. The van der Waals surface area contributed by atoms with Gasteiger partial charge in [0, 0.05) is 30.6 Å². The summed E-state index contributed by atoms with van der Waals surface area (Å²) in [4.78, 5) is 2.40. The Hall–Kier alpha value is -0.830. The quantitative estimate of drug-likeness (QED) is 0.826. The van der Waals surface area contributed by atoms with Gasteiger partial charge in [-0.3, -0.25) is 4.90 Å². The van der Waals surface area contributed by atoms with Gasteiger partial charge in [-0.15, -0.1) is 0 Å². The summed E-state index contributed by atoms with van der Waals surface area (Å²) in [6, 6.07) is 7.93. The molecule has 2 heterocycles. The summed E-state index contributed by atoms with van der Waals surface area (Å²) in [5.41, 5.74) is 2.48. The van der Waals surface area contributed by atoms with Crippen LogP contribution >= 0.6 is 11.6 Å². The maximum Gasteiger partial charge on any atom is 0.0633 e. The van der Waals surface area contributed by atoms with E-state index in [1.54, 1.807) is 0 Å². The van der Waals surface area contributed by atoms with Crippen LogP contribution in [-0.4, -0.2) is 35.7 Å². The molecule has 0 spiro atoms. The highest BCUT2D eigenvalue weighted by Gasteiger charge is 2.33. The van der Waals surface area contributed by atoms with E-state index in [1.807, 2.05) is 24.3 Å². The Balaban J connectivity index is 1.94. The highest BCUT2D eigenvalue weighted by atomic mass is 35.5. The second kappa shape index (κ2) is 4.45. The highest BCUT2D eigenvalue weighted by Crippen LogP contribution is 2.34. The highest BCUT2D eigenvalue weighted by molar-refractivity contribution is 6.30. The smallest absolute Gasteiger partial charge is 0.0633 e. The van der Waals surface area contributed by atoms with E-state index in [-0.39, 0.29) is 12.0 Å². The van der Waals surface area contributed by atoms with Crippen LogP contribution in [-0.2, 0) is 0 Å². The average molecular weight is 250 g/mol. The van der Waals surface area contributed by atoms with E-state index >= 15 is 0 Å². The summed E-state index contributed by atoms with van der Waals surface area (Å²) in [5.74, 6) is 0.263. The number of hydrogen-bond donors (Lipinski definition) is 1. The number of hydrogen-bond acceptors (Lipinski definition) is 2. The lowest BCUT2D eigenvalue weighted by Crippen LogP contribution is -2.46. The van der Waals surface area contributed by atoms with Crippen LogP contribution in [0, 0.1) is 5.92 Å². The summed E-state index contributed by atoms with van der Waals surface area (Å²) in [5, 5.41) is 10.9. The zero-order valence-electron chi connectivity index (χ0n) is 9.64. The topological polar surface area (TPSA) is 23.5 Å². The fourth-order valence-electron chi connectivity index (χ4n) is 2.83. The maximum atomic E-state index is 10.1. The van der Waals surface area contributed by atoms with E-state index in [0.29, 0.717) is 0 Å². The number of piperidine rings is 1.